The van der Waals surface area contributed by atoms with E-state index in [4.69, 9.17) is 12.3 Å². The van der Waals surface area contributed by atoms with E-state index in [1.54, 1.807) is 0 Å². The summed E-state index contributed by atoms with van der Waals surface area (Å²) in [5.41, 5.74) is 0. The summed E-state index contributed by atoms with van der Waals surface area (Å²) in [5, 5.41) is 10.7. The van der Waals surface area contributed by atoms with Gasteiger partial charge in [0, 0.05) is 0 Å². The first-order valence-electron chi connectivity index (χ1n) is 22.8. The van der Waals surface area contributed by atoms with Gasteiger partial charge in [-0.25, -0.2) is 0 Å². The average Bonchev–Trinajstić information content (AvgIpc) is 3.43. The quantitative estimate of drug-likeness (QED) is 0.0782. The molecule has 3 nitrogen and oxygen atoms in total. The Labute approximate surface area is 399 Å². The van der Waals surface area contributed by atoms with Crippen molar-refractivity contribution >= 4 is 85.6 Å². The minimum absolute atomic E-state index is 0.986. The minimum atomic E-state index is -4.11. The zero-order chi connectivity index (χ0) is 45.3. The van der Waals surface area contributed by atoms with E-state index in [0.717, 1.165) is 51.9 Å². The highest BCUT2D eigenvalue weighted by Crippen LogP contribution is 2.27. The van der Waals surface area contributed by atoms with Crippen molar-refractivity contribution in [3.63, 3.8) is 0 Å². The summed E-state index contributed by atoms with van der Waals surface area (Å²) in [4.78, 5) is 0. The molecule has 0 amide bonds. The number of benzene rings is 10. The van der Waals surface area contributed by atoms with E-state index in [1.807, 2.05) is 0 Å². The first kappa shape index (κ1) is 43.8. The van der Waals surface area contributed by atoms with Gasteiger partial charge in [-0.05, 0) is 51.9 Å². The second-order valence-corrected chi connectivity index (χ2v) is 30.0. The highest BCUT2D eigenvalue weighted by Gasteiger charge is 2.62. The zero-order valence-electron chi connectivity index (χ0n) is 37.1. The van der Waals surface area contributed by atoms with Crippen LogP contribution in [0.2, 0.25) is 0 Å². The van der Waals surface area contributed by atoms with E-state index in [9.17, 15) is 0 Å². The molecule has 324 valence electrons. The van der Waals surface area contributed by atoms with Crippen LogP contribution in [0.5, 0.6) is 0 Å². The Morgan fingerprint density at radius 1 is 0.149 bits per heavy atom. The van der Waals surface area contributed by atoms with Crippen molar-refractivity contribution < 1.29 is 12.3 Å². The van der Waals surface area contributed by atoms with Gasteiger partial charge in [-0.2, -0.15) is 0 Å². The molecular weight excluding hydrogens is 881 g/mol. The van der Waals surface area contributed by atoms with Gasteiger partial charge < -0.3 is 12.3 Å². The highest BCUT2D eigenvalue weighted by molar-refractivity contribution is 7.18. The fourth-order valence-corrected chi connectivity index (χ4v) is 31.4. The van der Waals surface area contributed by atoms with Crippen molar-refractivity contribution in [1.29, 1.82) is 0 Å². The molecule has 0 saturated heterocycles. The third kappa shape index (κ3) is 8.39. The van der Waals surface area contributed by atoms with E-state index in [2.05, 4.69) is 303 Å². The molecule has 10 rings (SSSR count). The molecule has 0 aliphatic rings. The fourth-order valence-electron chi connectivity index (χ4n) is 9.50. The molecule has 0 N–H and O–H groups in total. The summed E-state index contributed by atoms with van der Waals surface area (Å²) in [7, 11) is -15.4. The van der Waals surface area contributed by atoms with Crippen LogP contribution in [0.15, 0.2) is 303 Å². The van der Waals surface area contributed by atoms with Crippen LogP contribution in [0.4, 0.5) is 0 Å². The molecule has 0 spiro atoms. The highest BCUT2D eigenvalue weighted by atomic mass is 28.5. The second kappa shape index (κ2) is 19.8. The van der Waals surface area contributed by atoms with E-state index in [-0.39, 0.29) is 0 Å². The van der Waals surface area contributed by atoms with Crippen LogP contribution in [0.3, 0.4) is 0 Å². The summed E-state index contributed by atoms with van der Waals surface area (Å²) < 4.78 is 26.5. The first-order valence-corrected chi connectivity index (χ1v) is 30.3. The Kier molecular flexibility index (Phi) is 13.0. The van der Waals surface area contributed by atoms with E-state index >= 15 is 0 Å². The second-order valence-electron chi connectivity index (χ2n) is 16.6. The van der Waals surface area contributed by atoms with Crippen molar-refractivity contribution in [1.82, 2.24) is 0 Å². The smallest absolute Gasteiger partial charge is 0.389 e. The van der Waals surface area contributed by atoms with Gasteiger partial charge in [0.2, 0.25) is 0 Å². The maximum atomic E-state index is 8.91. The molecule has 0 heterocycles. The lowest BCUT2D eigenvalue weighted by atomic mass is 10.3. The lowest BCUT2D eigenvalue weighted by Gasteiger charge is -2.49. The lowest BCUT2D eigenvalue weighted by molar-refractivity contribution is 0.363. The molecule has 0 radical (unpaired) electrons. The van der Waals surface area contributed by atoms with Gasteiger partial charge in [0.05, 0.1) is 0 Å². The van der Waals surface area contributed by atoms with Gasteiger partial charge in [0.15, 0.2) is 0 Å². The van der Waals surface area contributed by atoms with Crippen molar-refractivity contribution in [2.45, 2.75) is 0 Å². The Morgan fingerprint density at radius 3 is 0.433 bits per heavy atom. The average molecular weight is 931 g/mol. The van der Waals surface area contributed by atoms with E-state index in [1.165, 1.54) is 0 Å². The molecule has 0 bridgehead atoms. The fraction of sp³-hybridized carbons (Fsp3) is 0. The molecule has 0 atom stereocenters. The standard InChI is InChI=1S/C60H50O3Si4/c1-11-31-51(32-12-1)64(52-33-13-2-14-34-52,53-35-15-3-16-36-53)61-66(57-43-23-7-24-44-57,58-45-25-8-26-46-58)63-67(59-47-27-9-28-48-59,60-49-29-10-30-50-60)62-65(54-37-17-4-18-38-54,55-39-19-5-20-40-55)56-41-21-6-22-42-56/h1-50H. The summed E-state index contributed by atoms with van der Waals surface area (Å²) in [6.07, 6.45) is 0. The van der Waals surface area contributed by atoms with Crippen molar-refractivity contribution in [2.75, 3.05) is 0 Å². The van der Waals surface area contributed by atoms with Crippen LogP contribution in [0, 0.1) is 0 Å². The van der Waals surface area contributed by atoms with Crippen LogP contribution < -0.4 is 51.9 Å². The molecule has 67 heavy (non-hydrogen) atoms. The SMILES string of the molecule is c1ccc([Si](O[Si](O[Si](c2ccccc2)(c2ccccc2)c2ccccc2)(c2ccccc2)c2ccccc2)(O[Si](c2ccccc2)(c2ccccc2)c2ccccc2)c2ccccc2)cc1. The maximum Gasteiger partial charge on any atom is 0.389 e. The van der Waals surface area contributed by atoms with Crippen LogP contribution in [0.25, 0.3) is 0 Å². The van der Waals surface area contributed by atoms with Gasteiger partial charge in [-0.3, -0.25) is 0 Å². The summed E-state index contributed by atoms with van der Waals surface area (Å²) >= 11 is 0. The predicted octanol–water partition coefficient (Wildman–Crippen LogP) is 6.88. The van der Waals surface area contributed by atoms with Crippen molar-refractivity contribution in [3.8, 4) is 0 Å². The van der Waals surface area contributed by atoms with Crippen LogP contribution in [-0.2, 0) is 12.3 Å². The zero-order valence-corrected chi connectivity index (χ0v) is 41.1. The molecule has 0 aliphatic heterocycles. The summed E-state index contributed by atoms with van der Waals surface area (Å²) in [6, 6.07) is 108. The molecule has 0 saturated carbocycles. The third-order valence-electron chi connectivity index (χ3n) is 12.6. The number of hydrogen-bond donors (Lipinski definition) is 0. The topological polar surface area (TPSA) is 27.7 Å². The van der Waals surface area contributed by atoms with Crippen LogP contribution in [-0.4, -0.2) is 33.8 Å². The Balaban J connectivity index is 1.37. The molecule has 7 heteroatoms. The van der Waals surface area contributed by atoms with Gasteiger partial charge >= 0.3 is 17.1 Å². The summed E-state index contributed by atoms with van der Waals surface area (Å²) in [6.45, 7) is 0. The Hall–Kier alpha value is -7.05. The van der Waals surface area contributed by atoms with Gasteiger partial charge in [0.1, 0.15) is 0 Å². The van der Waals surface area contributed by atoms with Crippen molar-refractivity contribution in [2.24, 2.45) is 0 Å². The predicted molar refractivity (Wildman–Crippen MR) is 287 cm³/mol. The Morgan fingerprint density at radius 2 is 0.284 bits per heavy atom. The molecule has 0 unspecified atom stereocenters. The maximum absolute atomic E-state index is 8.91. The van der Waals surface area contributed by atoms with Crippen molar-refractivity contribution in [3.05, 3.63) is 303 Å². The monoisotopic (exact) mass is 930 g/mol. The van der Waals surface area contributed by atoms with E-state index in [0.29, 0.717) is 0 Å². The van der Waals surface area contributed by atoms with Crippen LogP contribution >= 0.6 is 0 Å². The lowest BCUT2D eigenvalue weighted by Crippen LogP contribution is -2.84. The van der Waals surface area contributed by atoms with Gasteiger partial charge in [-0.15, -0.1) is 0 Å². The molecular formula is C60H50O3Si4. The normalized spacial score (nSPS) is 12.1. The molecule has 0 fully saturated rings. The summed E-state index contributed by atoms with van der Waals surface area (Å²) in [5.74, 6) is 0. The van der Waals surface area contributed by atoms with E-state index < -0.39 is 33.8 Å². The largest absolute Gasteiger partial charge is 0.419 e. The first-order chi connectivity index (χ1) is 33.2. The van der Waals surface area contributed by atoms with Gasteiger partial charge in [-0.1, -0.05) is 303 Å². The van der Waals surface area contributed by atoms with Gasteiger partial charge in [0.25, 0.3) is 16.6 Å². The minimum Gasteiger partial charge on any atom is -0.419 e. The molecule has 0 aromatic heterocycles. The third-order valence-corrected chi connectivity index (χ3v) is 30.9. The number of rotatable bonds is 16. The molecule has 10 aromatic carbocycles. The molecule has 10 aromatic rings. The molecule has 0 aliphatic carbocycles. The Bertz CT molecular complexity index is 2580. The van der Waals surface area contributed by atoms with Crippen LogP contribution in [0.1, 0.15) is 0 Å². The number of hydrogen-bond acceptors (Lipinski definition) is 3.